The number of phosphoric ester groups is 1. The van der Waals surface area contributed by atoms with Crippen LogP contribution in [0.25, 0.3) is 11.2 Å². The number of nitrogens with zero attached hydrogens (tertiary/aromatic N) is 6. The first-order chi connectivity index (χ1) is 18.5. The zero-order valence-corrected chi connectivity index (χ0v) is 20.7. The van der Waals surface area contributed by atoms with E-state index >= 15 is 0 Å². The van der Waals surface area contributed by atoms with E-state index in [-0.39, 0.29) is 22.8 Å². The number of aliphatic hydroxyl groups is 4. The van der Waals surface area contributed by atoms with Crippen molar-refractivity contribution >= 4 is 30.6 Å². The molecule has 0 saturated carbocycles. The van der Waals surface area contributed by atoms with Crippen LogP contribution in [-0.4, -0.2) is 104 Å². The van der Waals surface area contributed by atoms with Crippen molar-refractivity contribution in [3.63, 3.8) is 0 Å². The average molecular weight is 572 g/mol. The molecule has 39 heavy (non-hydrogen) atoms. The summed E-state index contributed by atoms with van der Waals surface area (Å²) in [4.78, 5) is 37.9. The Hall–Kier alpha value is -3.10. The van der Waals surface area contributed by atoms with Crippen molar-refractivity contribution in [2.75, 3.05) is 24.7 Å². The molecule has 2 saturated heterocycles. The molecule has 212 valence electrons. The number of rotatable bonds is 8. The van der Waals surface area contributed by atoms with Gasteiger partial charge in [0.05, 0.1) is 19.5 Å². The highest BCUT2D eigenvalue weighted by Gasteiger charge is 2.50. The lowest BCUT2D eigenvalue weighted by molar-refractivity contribution is -0.0594. The van der Waals surface area contributed by atoms with Gasteiger partial charge in [-0.3, -0.25) is 18.2 Å². The van der Waals surface area contributed by atoms with Crippen molar-refractivity contribution in [1.29, 1.82) is 0 Å². The quantitative estimate of drug-likeness (QED) is 0.130. The first kappa shape index (κ1) is 27.5. The van der Waals surface area contributed by atoms with Gasteiger partial charge in [0.1, 0.15) is 54.3 Å². The summed E-state index contributed by atoms with van der Waals surface area (Å²) >= 11 is 0. The van der Waals surface area contributed by atoms with E-state index in [1.54, 1.807) is 0 Å². The molecule has 0 aromatic carbocycles. The van der Waals surface area contributed by atoms with Gasteiger partial charge in [0.2, 0.25) is 0 Å². The Bertz CT molecular complexity index is 1450. The van der Waals surface area contributed by atoms with E-state index in [0.717, 1.165) is 4.57 Å². The number of nitrogens with two attached hydrogens (primary N) is 2. The van der Waals surface area contributed by atoms with E-state index < -0.39 is 75.8 Å². The summed E-state index contributed by atoms with van der Waals surface area (Å²) < 4.78 is 36.0. The van der Waals surface area contributed by atoms with Gasteiger partial charge in [-0.1, -0.05) is 0 Å². The Balaban J connectivity index is 1.26. The molecule has 5 rings (SSSR count). The predicted octanol–water partition coefficient (Wildman–Crippen LogP) is -3.38. The van der Waals surface area contributed by atoms with E-state index in [9.17, 15) is 34.7 Å². The Labute approximate surface area is 217 Å². The number of imidazole rings is 1. The molecule has 0 spiro atoms. The molecule has 9 atom stereocenters. The number of aromatic nitrogens is 6. The molecule has 20 heteroatoms. The van der Waals surface area contributed by atoms with E-state index in [1.807, 2.05) is 0 Å². The third-order valence-corrected chi connectivity index (χ3v) is 7.26. The van der Waals surface area contributed by atoms with Crippen molar-refractivity contribution in [2.24, 2.45) is 0 Å². The fraction of sp³-hybridized carbons (Fsp3) is 0.526. The standard InChI is InChI=1S/C19H25N8O11P/c20-9-1-2-26(19(32)25-9)18-13(31)14(7(3-28)36-18)38-39(33,34)35-4-8-11(29)12(30)17(37-8)27-6-24-10-15(21)22-5-23-16(10)27/h1-2,5-8,11-14,17-18,28-31H,3-4H2,(H,33,34)(H2,20,25,32)(H2,21,22,23). The number of fused-ring (bicyclic) bond motifs is 1. The molecule has 0 amide bonds. The molecule has 5 heterocycles. The van der Waals surface area contributed by atoms with Crippen LogP contribution in [0, 0.1) is 0 Å². The Morgan fingerprint density at radius 2 is 1.74 bits per heavy atom. The van der Waals surface area contributed by atoms with Crippen LogP contribution in [0.5, 0.6) is 0 Å². The van der Waals surface area contributed by atoms with Gasteiger partial charge in [-0.25, -0.2) is 24.3 Å². The SMILES string of the molecule is Nc1ccn(C2OC(CO)C(OP(=O)(O)OCC3OC(n4cnc5c(N)ncnc54)C(O)C3O)C2O)c(=O)n1. The third-order valence-electron chi connectivity index (χ3n) is 6.27. The van der Waals surface area contributed by atoms with Crippen LogP contribution in [-0.2, 0) is 23.1 Å². The normalized spacial score (nSPS) is 32.5. The van der Waals surface area contributed by atoms with Crippen LogP contribution in [0.4, 0.5) is 11.6 Å². The maximum Gasteiger partial charge on any atom is 0.472 e. The fourth-order valence-electron chi connectivity index (χ4n) is 4.35. The van der Waals surface area contributed by atoms with Gasteiger partial charge in [-0.05, 0) is 6.07 Å². The molecule has 0 aliphatic carbocycles. The third kappa shape index (κ3) is 5.12. The minimum atomic E-state index is -4.99. The fourth-order valence-corrected chi connectivity index (χ4v) is 5.32. The summed E-state index contributed by atoms with van der Waals surface area (Å²) in [5.74, 6) is 0.00915. The maximum atomic E-state index is 12.7. The molecule has 2 aliphatic rings. The topological polar surface area (TPSA) is 286 Å². The molecule has 9 N–H and O–H groups in total. The molecular weight excluding hydrogens is 547 g/mol. The van der Waals surface area contributed by atoms with Crippen LogP contribution < -0.4 is 17.2 Å². The summed E-state index contributed by atoms with van der Waals surface area (Å²) in [5.41, 5.74) is 10.8. The lowest BCUT2D eigenvalue weighted by atomic mass is 10.1. The molecule has 0 bridgehead atoms. The number of anilines is 2. The molecule has 2 aliphatic heterocycles. The number of hydrogen-bond donors (Lipinski definition) is 7. The van der Waals surface area contributed by atoms with Gasteiger partial charge >= 0.3 is 13.5 Å². The van der Waals surface area contributed by atoms with Crippen LogP contribution in [0.2, 0.25) is 0 Å². The Morgan fingerprint density at radius 1 is 1.03 bits per heavy atom. The lowest BCUT2D eigenvalue weighted by Gasteiger charge is -2.23. The number of hydrogen-bond acceptors (Lipinski definition) is 16. The van der Waals surface area contributed by atoms with E-state index in [2.05, 4.69) is 19.9 Å². The Morgan fingerprint density at radius 3 is 2.46 bits per heavy atom. The smallest absolute Gasteiger partial charge is 0.394 e. The molecule has 9 unspecified atom stereocenters. The lowest BCUT2D eigenvalue weighted by Crippen LogP contribution is -2.38. The molecule has 19 nitrogen and oxygen atoms in total. The minimum absolute atomic E-state index is 0.0780. The monoisotopic (exact) mass is 572 g/mol. The number of ether oxygens (including phenoxy) is 2. The van der Waals surface area contributed by atoms with E-state index in [4.69, 9.17) is 30.0 Å². The predicted molar refractivity (Wildman–Crippen MR) is 126 cm³/mol. The number of phosphoric acid groups is 1. The van der Waals surface area contributed by atoms with Crippen LogP contribution in [0.1, 0.15) is 12.5 Å². The second kappa shape index (κ2) is 10.5. The van der Waals surface area contributed by atoms with Crippen LogP contribution >= 0.6 is 7.82 Å². The van der Waals surface area contributed by atoms with Gasteiger partial charge in [0, 0.05) is 6.20 Å². The second-order valence-corrected chi connectivity index (χ2v) is 10.2. The van der Waals surface area contributed by atoms with Crippen molar-refractivity contribution in [3.05, 3.63) is 35.4 Å². The molecule has 3 aromatic heterocycles. The number of nitrogen functional groups attached to an aromatic ring is 2. The molecule has 0 radical (unpaired) electrons. The summed E-state index contributed by atoms with van der Waals surface area (Å²) in [5, 5.41) is 41.3. The van der Waals surface area contributed by atoms with E-state index in [0.29, 0.717) is 0 Å². The summed E-state index contributed by atoms with van der Waals surface area (Å²) in [6, 6.07) is 1.27. The van der Waals surface area contributed by atoms with E-state index in [1.165, 1.54) is 29.5 Å². The minimum Gasteiger partial charge on any atom is -0.394 e. The first-order valence-electron chi connectivity index (χ1n) is 11.4. The first-order valence-corrected chi connectivity index (χ1v) is 12.9. The number of aliphatic hydroxyl groups excluding tert-OH is 4. The summed E-state index contributed by atoms with van der Waals surface area (Å²) in [6.07, 6.45) is -8.03. The zero-order valence-electron chi connectivity index (χ0n) is 19.8. The van der Waals surface area contributed by atoms with Gasteiger partial charge in [0.15, 0.2) is 23.9 Å². The largest absolute Gasteiger partial charge is 0.472 e. The second-order valence-electron chi connectivity index (χ2n) is 8.74. The molecule has 2 fully saturated rings. The van der Waals surface area contributed by atoms with Crippen molar-refractivity contribution < 1.29 is 48.4 Å². The van der Waals surface area contributed by atoms with Crippen molar-refractivity contribution in [3.8, 4) is 0 Å². The maximum absolute atomic E-state index is 12.7. The highest BCUT2D eigenvalue weighted by molar-refractivity contribution is 7.47. The van der Waals surface area contributed by atoms with Crippen molar-refractivity contribution in [1.82, 2.24) is 29.1 Å². The Kier molecular flexibility index (Phi) is 7.37. The van der Waals surface area contributed by atoms with Gasteiger partial charge < -0.3 is 46.3 Å². The molecule has 3 aromatic rings. The molecular formula is C19H25N8O11P. The van der Waals surface area contributed by atoms with Crippen molar-refractivity contribution in [2.45, 2.75) is 49.1 Å². The average Bonchev–Trinajstić information content (AvgIpc) is 3.53. The van der Waals surface area contributed by atoms with Crippen LogP contribution in [0.15, 0.2) is 29.7 Å². The zero-order chi connectivity index (χ0) is 28.1. The van der Waals surface area contributed by atoms with Gasteiger partial charge in [-0.2, -0.15) is 4.98 Å². The van der Waals surface area contributed by atoms with Gasteiger partial charge in [0.25, 0.3) is 0 Å². The summed E-state index contributed by atoms with van der Waals surface area (Å²) in [6.45, 7) is -1.48. The highest BCUT2D eigenvalue weighted by Crippen LogP contribution is 2.49. The van der Waals surface area contributed by atoms with Gasteiger partial charge in [-0.15, -0.1) is 0 Å². The van der Waals surface area contributed by atoms with Crippen LogP contribution in [0.3, 0.4) is 0 Å². The summed E-state index contributed by atoms with van der Waals surface area (Å²) in [7, 11) is -4.99. The highest BCUT2D eigenvalue weighted by atomic mass is 31.2.